The van der Waals surface area contributed by atoms with Crippen molar-refractivity contribution < 1.29 is 9.66 Å². The van der Waals surface area contributed by atoms with E-state index in [9.17, 15) is 10.1 Å². The van der Waals surface area contributed by atoms with Crippen LogP contribution in [0.4, 0.5) is 17.1 Å². The van der Waals surface area contributed by atoms with Crippen molar-refractivity contribution in [3.05, 3.63) is 51.2 Å². The molecule has 1 aliphatic rings. The van der Waals surface area contributed by atoms with Gasteiger partial charge in [0.25, 0.3) is 0 Å². The second-order valence-corrected chi connectivity index (χ2v) is 6.27. The zero-order valence-electron chi connectivity index (χ0n) is 13.2. The van der Waals surface area contributed by atoms with E-state index in [0.29, 0.717) is 4.47 Å². The van der Waals surface area contributed by atoms with Crippen LogP contribution in [0.25, 0.3) is 0 Å². The second-order valence-electron chi connectivity index (χ2n) is 5.41. The fraction of sp³-hybridized carbons (Fsp3) is 0.312. The highest BCUT2D eigenvalue weighted by molar-refractivity contribution is 9.10. The third-order valence-electron chi connectivity index (χ3n) is 4.09. The average molecular weight is 393 g/mol. The van der Waals surface area contributed by atoms with Crippen LogP contribution >= 0.6 is 15.9 Å². The number of anilines is 2. The van der Waals surface area contributed by atoms with E-state index in [1.54, 1.807) is 18.5 Å². The quantitative estimate of drug-likeness (QED) is 0.587. The summed E-state index contributed by atoms with van der Waals surface area (Å²) in [5.74, 6) is 0.273. The number of pyridine rings is 1. The van der Waals surface area contributed by atoms with Crippen LogP contribution < -0.4 is 14.5 Å². The molecule has 0 saturated carbocycles. The lowest BCUT2D eigenvalue weighted by Gasteiger charge is -2.37. The van der Waals surface area contributed by atoms with E-state index in [1.807, 2.05) is 12.1 Å². The Balaban J connectivity index is 1.78. The molecule has 1 aromatic carbocycles. The van der Waals surface area contributed by atoms with Gasteiger partial charge in [0.1, 0.15) is 0 Å². The number of hydrogen-bond acceptors (Lipinski definition) is 6. The summed E-state index contributed by atoms with van der Waals surface area (Å²) in [5.41, 5.74) is 2.03. The fourth-order valence-electron chi connectivity index (χ4n) is 2.84. The number of hydrogen-bond donors (Lipinski definition) is 0. The van der Waals surface area contributed by atoms with E-state index < -0.39 is 4.92 Å². The smallest absolute Gasteiger partial charge is 0.312 e. The number of aromatic nitrogens is 1. The zero-order valence-corrected chi connectivity index (χ0v) is 14.8. The summed E-state index contributed by atoms with van der Waals surface area (Å²) in [7, 11) is 1.45. The lowest BCUT2D eigenvalue weighted by atomic mass is 10.2. The molecule has 0 unspecified atom stereocenters. The molecule has 8 heteroatoms. The van der Waals surface area contributed by atoms with E-state index in [4.69, 9.17) is 4.74 Å². The van der Waals surface area contributed by atoms with E-state index >= 15 is 0 Å². The molecule has 24 heavy (non-hydrogen) atoms. The lowest BCUT2D eigenvalue weighted by molar-refractivity contribution is -0.385. The van der Waals surface area contributed by atoms with E-state index in [0.717, 1.165) is 37.6 Å². The zero-order chi connectivity index (χ0) is 17.1. The molecule has 0 atom stereocenters. The Morgan fingerprint density at radius 2 is 1.79 bits per heavy atom. The first-order chi connectivity index (χ1) is 11.6. The number of halogens is 1. The van der Waals surface area contributed by atoms with Crippen LogP contribution in [0.15, 0.2) is 41.1 Å². The Morgan fingerprint density at radius 1 is 1.17 bits per heavy atom. The van der Waals surface area contributed by atoms with Gasteiger partial charge in [0.2, 0.25) is 0 Å². The minimum absolute atomic E-state index is 0.0384. The molecule has 0 spiro atoms. The molecule has 1 saturated heterocycles. The molecule has 1 fully saturated rings. The van der Waals surface area contributed by atoms with Crippen molar-refractivity contribution in [1.29, 1.82) is 0 Å². The molecular formula is C16H17BrN4O3. The van der Waals surface area contributed by atoms with Crippen molar-refractivity contribution in [1.82, 2.24) is 4.98 Å². The van der Waals surface area contributed by atoms with Gasteiger partial charge in [0.05, 0.1) is 17.7 Å². The Morgan fingerprint density at radius 3 is 2.38 bits per heavy atom. The number of methoxy groups -OCH3 is 1. The predicted octanol–water partition coefficient (Wildman–Crippen LogP) is 3.09. The minimum atomic E-state index is -0.436. The molecule has 7 nitrogen and oxygen atoms in total. The summed E-state index contributed by atoms with van der Waals surface area (Å²) in [5, 5.41) is 11.1. The Kier molecular flexibility index (Phi) is 4.84. The number of benzene rings is 1. The maximum Gasteiger partial charge on any atom is 0.312 e. The van der Waals surface area contributed by atoms with Crippen LogP contribution in [0.5, 0.6) is 5.75 Å². The summed E-state index contributed by atoms with van der Waals surface area (Å²) in [4.78, 5) is 19.2. The van der Waals surface area contributed by atoms with Gasteiger partial charge in [0, 0.05) is 60.9 Å². The van der Waals surface area contributed by atoms with Gasteiger partial charge >= 0.3 is 5.69 Å². The van der Waals surface area contributed by atoms with Crippen LogP contribution in [0, 0.1) is 10.1 Å². The van der Waals surface area contributed by atoms with E-state index in [-0.39, 0.29) is 11.4 Å². The van der Waals surface area contributed by atoms with Gasteiger partial charge < -0.3 is 14.5 Å². The lowest BCUT2D eigenvalue weighted by Crippen LogP contribution is -2.46. The maximum atomic E-state index is 11.1. The van der Waals surface area contributed by atoms with Gasteiger partial charge in [-0.15, -0.1) is 0 Å². The summed E-state index contributed by atoms with van der Waals surface area (Å²) < 4.78 is 5.88. The van der Waals surface area contributed by atoms with Gasteiger partial charge in [-0.3, -0.25) is 15.1 Å². The number of ether oxygens (including phenoxy) is 1. The molecule has 1 aliphatic heterocycles. The monoisotopic (exact) mass is 392 g/mol. The molecule has 0 bridgehead atoms. The van der Waals surface area contributed by atoms with Crippen molar-refractivity contribution in [3.63, 3.8) is 0 Å². The molecule has 2 aromatic rings. The van der Waals surface area contributed by atoms with Crippen LogP contribution in [-0.2, 0) is 0 Å². The van der Waals surface area contributed by atoms with Gasteiger partial charge in [0.15, 0.2) is 5.75 Å². The minimum Gasteiger partial charge on any atom is -0.490 e. The molecule has 0 amide bonds. The fourth-order valence-corrected chi connectivity index (χ4v) is 3.42. The normalized spacial score (nSPS) is 14.6. The molecule has 2 heterocycles. The van der Waals surface area contributed by atoms with Crippen LogP contribution in [0.2, 0.25) is 0 Å². The van der Waals surface area contributed by atoms with Crippen LogP contribution in [0.1, 0.15) is 0 Å². The molecule has 126 valence electrons. The summed E-state index contributed by atoms with van der Waals surface area (Å²) >= 11 is 3.45. The average Bonchev–Trinajstić information content (AvgIpc) is 2.62. The highest BCUT2D eigenvalue weighted by Gasteiger charge is 2.23. The first kappa shape index (κ1) is 16.5. The Labute approximate surface area is 148 Å². The Bertz CT molecular complexity index is 734. The SMILES string of the molecule is COc1cc(N2CCN(c3ccncc3)CC2)c(Br)cc1[N+](=O)[O-]. The number of rotatable bonds is 4. The van der Waals surface area contributed by atoms with Crippen molar-refractivity contribution in [2.45, 2.75) is 0 Å². The predicted molar refractivity (Wildman–Crippen MR) is 96.0 cm³/mol. The third-order valence-corrected chi connectivity index (χ3v) is 4.73. The molecule has 0 N–H and O–H groups in total. The van der Waals surface area contributed by atoms with E-state index in [2.05, 4.69) is 30.7 Å². The number of nitro benzene ring substituents is 1. The van der Waals surface area contributed by atoms with Crippen LogP contribution in [0.3, 0.4) is 0 Å². The largest absolute Gasteiger partial charge is 0.490 e. The number of nitrogens with zero attached hydrogens (tertiary/aromatic N) is 4. The summed E-state index contributed by atoms with van der Waals surface area (Å²) in [6.07, 6.45) is 3.58. The highest BCUT2D eigenvalue weighted by atomic mass is 79.9. The highest BCUT2D eigenvalue weighted by Crippen LogP contribution is 2.38. The van der Waals surface area contributed by atoms with Crippen molar-refractivity contribution in [3.8, 4) is 5.75 Å². The molecule has 1 aromatic heterocycles. The van der Waals surface area contributed by atoms with Crippen molar-refractivity contribution >= 4 is 33.0 Å². The third kappa shape index (κ3) is 3.28. The molecule has 0 radical (unpaired) electrons. The van der Waals surface area contributed by atoms with Gasteiger partial charge in [-0.2, -0.15) is 0 Å². The topological polar surface area (TPSA) is 71.7 Å². The first-order valence-electron chi connectivity index (χ1n) is 7.52. The van der Waals surface area contributed by atoms with Gasteiger partial charge in [-0.25, -0.2) is 0 Å². The van der Waals surface area contributed by atoms with Gasteiger partial charge in [-0.05, 0) is 28.1 Å². The van der Waals surface area contributed by atoms with Crippen LogP contribution in [-0.4, -0.2) is 43.2 Å². The first-order valence-corrected chi connectivity index (χ1v) is 8.31. The summed E-state index contributed by atoms with van der Waals surface area (Å²) in [6, 6.07) is 7.23. The van der Waals surface area contributed by atoms with Crippen molar-refractivity contribution in [2.24, 2.45) is 0 Å². The molecule has 3 rings (SSSR count). The van der Waals surface area contributed by atoms with Crippen molar-refractivity contribution in [2.75, 3.05) is 43.1 Å². The number of nitro groups is 1. The number of piperazine rings is 1. The second kappa shape index (κ2) is 7.04. The molecular weight excluding hydrogens is 376 g/mol. The Hall–Kier alpha value is -2.35. The summed E-state index contributed by atoms with van der Waals surface area (Å²) in [6.45, 7) is 3.38. The van der Waals surface area contributed by atoms with Gasteiger partial charge in [-0.1, -0.05) is 0 Å². The standard InChI is InChI=1S/C16H17BrN4O3/c1-24-16-11-14(13(17)10-15(16)21(22)23)20-8-6-19(7-9-20)12-2-4-18-5-3-12/h2-5,10-11H,6-9H2,1H3. The van der Waals surface area contributed by atoms with E-state index in [1.165, 1.54) is 13.2 Å². The molecule has 0 aliphatic carbocycles. The maximum absolute atomic E-state index is 11.1.